The summed E-state index contributed by atoms with van der Waals surface area (Å²) in [5.74, 6) is -0.324. The monoisotopic (exact) mass is 427 g/mol. The molecule has 0 saturated heterocycles. The molecule has 0 aliphatic heterocycles. The van der Waals surface area contributed by atoms with Gasteiger partial charge in [0.25, 0.3) is 5.91 Å². The zero-order valence-electron chi connectivity index (χ0n) is 17.5. The van der Waals surface area contributed by atoms with E-state index in [1.807, 2.05) is 24.3 Å². The van der Waals surface area contributed by atoms with Crippen LogP contribution in [0.1, 0.15) is 32.6 Å². The van der Waals surface area contributed by atoms with Crippen LogP contribution in [0, 0.1) is 13.8 Å². The Kier molecular flexibility index (Phi) is 6.33. The molecule has 0 aliphatic carbocycles. The maximum absolute atomic E-state index is 12.7. The van der Waals surface area contributed by atoms with E-state index >= 15 is 0 Å². The molecule has 2 aromatic carbocycles. The highest BCUT2D eigenvalue weighted by molar-refractivity contribution is 7.89. The average molecular weight is 428 g/mol. The number of nitrogens with zero attached hydrogens (tertiary/aromatic N) is 4. The number of nitrogens with one attached hydrogen (secondary N) is 1. The fourth-order valence-electron chi connectivity index (χ4n) is 3.05. The third-order valence-electron chi connectivity index (χ3n) is 4.90. The Balaban J connectivity index is 1.76. The highest BCUT2D eigenvalue weighted by atomic mass is 32.2. The minimum absolute atomic E-state index is 0.146. The van der Waals surface area contributed by atoms with Crippen LogP contribution in [0.2, 0.25) is 0 Å². The molecule has 0 atom stereocenters. The second-order valence-corrected chi connectivity index (χ2v) is 9.42. The van der Waals surface area contributed by atoms with Crippen LogP contribution in [-0.2, 0) is 23.1 Å². The Morgan fingerprint density at radius 1 is 1.13 bits per heavy atom. The molecule has 1 N–H and O–H groups in total. The number of carbonyl (C=O) groups excluding carboxylic acids is 1. The summed E-state index contributed by atoms with van der Waals surface area (Å²) in [4.78, 5) is 16.8. The maximum atomic E-state index is 12.7. The zero-order valence-corrected chi connectivity index (χ0v) is 18.3. The topological polar surface area (TPSA) is 97.2 Å². The van der Waals surface area contributed by atoms with Gasteiger partial charge in [0.05, 0.1) is 11.4 Å². The lowest BCUT2D eigenvalue weighted by Crippen LogP contribution is -2.26. The van der Waals surface area contributed by atoms with Gasteiger partial charge in [-0.25, -0.2) is 22.4 Å². The van der Waals surface area contributed by atoms with E-state index in [2.05, 4.69) is 15.4 Å². The molecule has 0 saturated carbocycles. The van der Waals surface area contributed by atoms with Crippen LogP contribution in [0.5, 0.6) is 0 Å². The van der Waals surface area contributed by atoms with Crippen molar-refractivity contribution in [3.8, 4) is 0 Å². The van der Waals surface area contributed by atoms with Gasteiger partial charge in [0, 0.05) is 26.2 Å². The van der Waals surface area contributed by atoms with Crippen LogP contribution in [-0.4, -0.2) is 47.5 Å². The van der Waals surface area contributed by atoms with Gasteiger partial charge in [-0.05, 0) is 48.2 Å². The fraction of sp³-hybridized carbons (Fsp3) is 0.286. The predicted octanol–water partition coefficient (Wildman–Crippen LogP) is 2.12. The van der Waals surface area contributed by atoms with Crippen LogP contribution in [0.25, 0.3) is 0 Å². The van der Waals surface area contributed by atoms with Gasteiger partial charge in [0.1, 0.15) is 12.7 Å². The van der Waals surface area contributed by atoms with E-state index in [0.717, 1.165) is 21.0 Å². The Bertz CT molecular complexity index is 1160. The van der Waals surface area contributed by atoms with Crippen LogP contribution in [0.3, 0.4) is 0 Å². The van der Waals surface area contributed by atoms with Crippen LogP contribution in [0.4, 0.5) is 0 Å². The molecule has 30 heavy (non-hydrogen) atoms. The number of hydrogen-bond donors (Lipinski definition) is 1. The summed E-state index contributed by atoms with van der Waals surface area (Å²) in [6.07, 6.45) is 3.13. The number of aryl methyl sites for hydroxylation is 1. The minimum Gasteiger partial charge on any atom is -0.348 e. The number of rotatable bonds is 7. The van der Waals surface area contributed by atoms with Gasteiger partial charge < -0.3 is 5.32 Å². The normalized spacial score (nSPS) is 11.6. The first-order chi connectivity index (χ1) is 14.2. The smallest absolute Gasteiger partial charge is 0.251 e. The van der Waals surface area contributed by atoms with Crippen molar-refractivity contribution in [1.82, 2.24) is 24.4 Å². The van der Waals surface area contributed by atoms with Crippen molar-refractivity contribution in [3.63, 3.8) is 0 Å². The van der Waals surface area contributed by atoms with Gasteiger partial charge in [-0.2, -0.15) is 5.10 Å². The van der Waals surface area contributed by atoms with E-state index in [0.29, 0.717) is 24.2 Å². The van der Waals surface area contributed by atoms with E-state index in [9.17, 15) is 13.2 Å². The summed E-state index contributed by atoms with van der Waals surface area (Å²) in [6.45, 7) is 4.46. The fourth-order valence-corrected chi connectivity index (χ4v) is 4.26. The number of sulfonamides is 1. The molecule has 0 spiro atoms. The number of hydrogen-bond acceptors (Lipinski definition) is 5. The van der Waals surface area contributed by atoms with Gasteiger partial charge in [-0.15, -0.1) is 0 Å². The van der Waals surface area contributed by atoms with Gasteiger partial charge in [0.15, 0.2) is 0 Å². The lowest BCUT2D eigenvalue weighted by Gasteiger charge is -2.16. The zero-order chi connectivity index (χ0) is 21.9. The maximum Gasteiger partial charge on any atom is 0.251 e. The molecule has 0 unspecified atom stereocenters. The molecule has 1 amide bonds. The van der Waals surface area contributed by atoms with Crippen molar-refractivity contribution < 1.29 is 13.2 Å². The second kappa shape index (κ2) is 8.76. The third-order valence-corrected chi connectivity index (χ3v) is 6.84. The molecule has 9 heteroatoms. The summed E-state index contributed by atoms with van der Waals surface area (Å²) in [5.41, 5.74) is 3.68. The molecule has 158 valence electrons. The number of amides is 1. The summed E-state index contributed by atoms with van der Waals surface area (Å²) < 4.78 is 28.1. The van der Waals surface area contributed by atoms with E-state index in [1.54, 1.807) is 30.9 Å². The van der Waals surface area contributed by atoms with Gasteiger partial charge >= 0.3 is 0 Å². The molecule has 8 nitrogen and oxygen atoms in total. The van der Waals surface area contributed by atoms with Crippen LogP contribution < -0.4 is 5.32 Å². The molecule has 1 aromatic heterocycles. The van der Waals surface area contributed by atoms with E-state index in [-0.39, 0.29) is 10.8 Å². The van der Waals surface area contributed by atoms with Crippen molar-refractivity contribution >= 4 is 15.9 Å². The molecule has 0 bridgehead atoms. The van der Waals surface area contributed by atoms with Gasteiger partial charge in [0.2, 0.25) is 10.0 Å². The quantitative estimate of drug-likeness (QED) is 0.623. The lowest BCUT2D eigenvalue weighted by atomic mass is 10.1. The van der Waals surface area contributed by atoms with Crippen molar-refractivity contribution in [2.45, 2.75) is 31.8 Å². The van der Waals surface area contributed by atoms with E-state index in [4.69, 9.17) is 0 Å². The molecule has 3 aromatic rings. The first-order valence-electron chi connectivity index (χ1n) is 9.40. The van der Waals surface area contributed by atoms with Crippen molar-refractivity contribution in [3.05, 3.63) is 76.9 Å². The standard InChI is InChI=1S/C21H25N5O3S/c1-15-8-19(10-20(16(15)2)30(28,29)25(3)4)21(27)23-11-17-6-5-7-18(9-17)12-26-14-22-13-24-26/h5-10,13-14H,11-12H2,1-4H3,(H,23,27). The molecule has 1 heterocycles. The highest BCUT2D eigenvalue weighted by Gasteiger charge is 2.22. The van der Waals surface area contributed by atoms with Crippen molar-refractivity contribution in [1.29, 1.82) is 0 Å². The highest BCUT2D eigenvalue weighted by Crippen LogP contribution is 2.23. The summed E-state index contributed by atoms with van der Waals surface area (Å²) in [7, 11) is -0.693. The lowest BCUT2D eigenvalue weighted by molar-refractivity contribution is 0.0950. The minimum atomic E-state index is -3.64. The summed E-state index contributed by atoms with van der Waals surface area (Å²) >= 11 is 0. The first kappa shape index (κ1) is 21.7. The van der Waals surface area contributed by atoms with E-state index < -0.39 is 10.0 Å². The number of aromatic nitrogens is 3. The number of carbonyl (C=O) groups is 1. The molecular weight excluding hydrogens is 402 g/mol. The SMILES string of the molecule is Cc1cc(C(=O)NCc2cccc(Cn3cncn3)c2)cc(S(=O)(=O)N(C)C)c1C. The molecule has 3 rings (SSSR count). The predicted molar refractivity (Wildman–Crippen MR) is 114 cm³/mol. The second-order valence-electron chi connectivity index (χ2n) is 7.30. The molecule has 0 radical (unpaired) electrons. The Morgan fingerprint density at radius 3 is 2.53 bits per heavy atom. The van der Waals surface area contributed by atoms with Crippen molar-refractivity contribution in [2.24, 2.45) is 0 Å². The molecule has 0 aliphatic rings. The van der Waals surface area contributed by atoms with Crippen molar-refractivity contribution in [2.75, 3.05) is 14.1 Å². The van der Waals surface area contributed by atoms with Crippen LogP contribution >= 0.6 is 0 Å². The number of benzene rings is 2. The summed E-state index contributed by atoms with van der Waals surface area (Å²) in [5, 5.41) is 6.97. The van der Waals surface area contributed by atoms with E-state index in [1.165, 1.54) is 26.5 Å². The Morgan fingerprint density at radius 2 is 1.87 bits per heavy atom. The first-order valence-corrected chi connectivity index (χ1v) is 10.8. The summed E-state index contributed by atoms with van der Waals surface area (Å²) in [6, 6.07) is 11.0. The van der Waals surface area contributed by atoms with Gasteiger partial charge in [-0.3, -0.25) is 4.79 Å². The van der Waals surface area contributed by atoms with Crippen LogP contribution in [0.15, 0.2) is 53.9 Å². The molecular formula is C21H25N5O3S. The Labute approximate surface area is 176 Å². The Hall–Kier alpha value is -3.04. The third kappa shape index (κ3) is 4.74. The average Bonchev–Trinajstić information content (AvgIpc) is 3.21. The largest absolute Gasteiger partial charge is 0.348 e. The van der Waals surface area contributed by atoms with Gasteiger partial charge in [-0.1, -0.05) is 24.3 Å². The molecule has 0 fully saturated rings.